The highest BCUT2D eigenvalue weighted by Gasteiger charge is 2.20. The topological polar surface area (TPSA) is 34.1 Å². The standard InChI is InChI=1S/C23H31BrN2O2/c1-5-26-15-14-25-23(26)21(9-7-8-16-28-6-2)18(3)10-11-19-17-20(24)12-13-22(19)27-4/h7-9,12-13,17H,3,5-6,10-11,14-16H2,1-2,4H3/b8-7-,21-9+. The summed E-state index contributed by atoms with van der Waals surface area (Å²) in [5.74, 6) is 1.96. The summed E-state index contributed by atoms with van der Waals surface area (Å²) < 4.78 is 12.0. The molecule has 0 N–H and O–H groups in total. The lowest BCUT2D eigenvalue weighted by Crippen LogP contribution is -2.29. The number of rotatable bonds is 11. The molecule has 0 atom stereocenters. The molecule has 0 aliphatic carbocycles. The van der Waals surface area contributed by atoms with Crippen molar-refractivity contribution in [1.29, 1.82) is 0 Å². The Morgan fingerprint density at radius 3 is 2.89 bits per heavy atom. The van der Waals surface area contributed by atoms with Crippen molar-refractivity contribution in [3.63, 3.8) is 0 Å². The van der Waals surface area contributed by atoms with Crippen LogP contribution in [0.15, 0.2) is 63.6 Å². The molecule has 0 radical (unpaired) electrons. The van der Waals surface area contributed by atoms with Crippen molar-refractivity contribution in [2.24, 2.45) is 4.99 Å². The van der Waals surface area contributed by atoms with Crippen LogP contribution in [0.3, 0.4) is 0 Å². The Hall–Kier alpha value is -1.85. The van der Waals surface area contributed by atoms with E-state index in [1.54, 1.807) is 7.11 Å². The summed E-state index contributed by atoms with van der Waals surface area (Å²) in [5, 5.41) is 0. The molecule has 0 saturated heterocycles. The van der Waals surface area contributed by atoms with Crippen LogP contribution < -0.4 is 4.74 Å². The Morgan fingerprint density at radius 2 is 2.18 bits per heavy atom. The van der Waals surface area contributed by atoms with Gasteiger partial charge in [-0.25, -0.2) is 0 Å². The molecule has 0 fully saturated rings. The minimum Gasteiger partial charge on any atom is -0.496 e. The lowest BCUT2D eigenvalue weighted by atomic mass is 9.97. The minimum absolute atomic E-state index is 0.617. The van der Waals surface area contributed by atoms with E-state index in [0.29, 0.717) is 6.61 Å². The molecule has 5 heteroatoms. The van der Waals surface area contributed by atoms with Crippen LogP contribution in [0.2, 0.25) is 0 Å². The Balaban J connectivity index is 2.16. The van der Waals surface area contributed by atoms with E-state index in [4.69, 9.17) is 14.5 Å². The second kappa shape index (κ2) is 11.9. The van der Waals surface area contributed by atoms with Gasteiger partial charge in [-0.15, -0.1) is 0 Å². The number of aliphatic imine (C=N–C) groups is 1. The molecule has 4 nitrogen and oxygen atoms in total. The number of hydrogen-bond donors (Lipinski definition) is 0. The van der Waals surface area contributed by atoms with Crippen molar-refractivity contribution in [1.82, 2.24) is 4.90 Å². The summed E-state index contributed by atoms with van der Waals surface area (Å²) in [6.07, 6.45) is 7.89. The van der Waals surface area contributed by atoms with E-state index >= 15 is 0 Å². The predicted octanol–water partition coefficient (Wildman–Crippen LogP) is 5.20. The summed E-state index contributed by atoms with van der Waals surface area (Å²) in [4.78, 5) is 7.06. The lowest BCUT2D eigenvalue weighted by molar-refractivity contribution is 0.177. The number of halogens is 1. The van der Waals surface area contributed by atoms with E-state index in [1.165, 1.54) is 5.56 Å². The van der Waals surface area contributed by atoms with Crippen molar-refractivity contribution >= 4 is 21.8 Å². The van der Waals surface area contributed by atoms with Crippen LogP contribution in [0, 0.1) is 0 Å². The van der Waals surface area contributed by atoms with Crippen molar-refractivity contribution in [3.05, 3.63) is 64.2 Å². The van der Waals surface area contributed by atoms with E-state index in [1.807, 2.05) is 31.2 Å². The third kappa shape index (κ3) is 6.35. The van der Waals surface area contributed by atoms with Crippen molar-refractivity contribution in [3.8, 4) is 5.75 Å². The van der Waals surface area contributed by atoms with Gasteiger partial charge < -0.3 is 14.4 Å². The maximum absolute atomic E-state index is 5.51. The first-order chi connectivity index (χ1) is 13.6. The van der Waals surface area contributed by atoms with Crippen molar-refractivity contribution < 1.29 is 9.47 Å². The van der Waals surface area contributed by atoms with Crippen LogP contribution in [0.4, 0.5) is 0 Å². The second-order valence-electron chi connectivity index (χ2n) is 6.51. The van der Waals surface area contributed by atoms with Gasteiger partial charge >= 0.3 is 0 Å². The fraction of sp³-hybridized carbons (Fsp3) is 0.435. The van der Waals surface area contributed by atoms with E-state index < -0.39 is 0 Å². The fourth-order valence-electron chi connectivity index (χ4n) is 3.16. The van der Waals surface area contributed by atoms with Crippen LogP contribution in [0.25, 0.3) is 0 Å². The molecule has 1 aliphatic rings. The third-order valence-electron chi connectivity index (χ3n) is 4.69. The van der Waals surface area contributed by atoms with Gasteiger partial charge in [-0.1, -0.05) is 40.7 Å². The summed E-state index contributed by atoms with van der Waals surface area (Å²) in [6.45, 7) is 12.6. The highest BCUT2D eigenvalue weighted by molar-refractivity contribution is 9.10. The zero-order chi connectivity index (χ0) is 20.4. The van der Waals surface area contributed by atoms with Gasteiger partial charge in [0, 0.05) is 29.7 Å². The molecule has 0 amide bonds. The summed E-state index contributed by atoms with van der Waals surface area (Å²) in [5.41, 5.74) is 3.37. The Kier molecular flexibility index (Phi) is 9.51. The normalized spacial score (nSPS) is 14.6. The summed E-state index contributed by atoms with van der Waals surface area (Å²) in [6, 6.07) is 6.11. The highest BCUT2D eigenvalue weighted by atomic mass is 79.9. The number of aryl methyl sites for hydroxylation is 1. The molecule has 1 aromatic rings. The monoisotopic (exact) mass is 446 g/mol. The Labute approximate surface area is 177 Å². The maximum Gasteiger partial charge on any atom is 0.131 e. The van der Waals surface area contributed by atoms with Crippen LogP contribution in [0.1, 0.15) is 25.8 Å². The molecule has 0 spiro atoms. The van der Waals surface area contributed by atoms with E-state index in [9.17, 15) is 0 Å². The third-order valence-corrected chi connectivity index (χ3v) is 5.18. The molecule has 2 rings (SSSR count). The number of likely N-dealkylation sites (N-methyl/N-ethyl adjacent to an activating group) is 1. The molecule has 152 valence electrons. The SMILES string of the molecule is C=C(CCc1cc(Br)ccc1OC)/C(=C\C=C/COCC)C1=NCCN1CC. The number of allylic oxidation sites excluding steroid dienone is 2. The molecule has 0 bridgehead atoms. The average Bonchev–Trinajstić information content (AvgIpc) is 3.17. The summed E-state index contributed by atoms with van der Waals surface area (Å²) in [7, 11) is 1.71. The van der Waals surface area contributed by atoms with Gasteiger partial charge in [-0.2, -0.15) is 0 Å². The first-order valence-electron chi connectivity index (χ1n) is 9.85. The molecule has 0 saturated carbocycles. The zero-order valence-corrected chi connectivity index (χ0v) is 18.8. The molecule has 0 aromatic heterocycles. The number of methoxy groups -OCH3 is 1. The first-order valence-corrected chi connectivity index (χ1v) is 10.6. The largest absolute Gasteiger partial charge is 0.496 e. The van der Waals surface area contributed by atoms with Gasteiger partial charge in [0.1, 0.15) is 11.6 Å². The molecule has 28 heavy (non-hydrogen) atoms. The van der Waals surface area contributed by atoms with E-state index in [-0.39, 0.29) is 0 Å². The molecule has 1 heterocycles. The first kappa shape index (κ1) is 22.4. The molecular formula is C23H31BrN2O2. The smallest absolute Gasteiger partial charge is 0.131 e. The number of hydrogen-bond acceptors (Lipinski definition) is 4. The molecule has 1 aliphatic heterocycles. The van der Waals surface area contributed by atoms with Crippen LogP contribution in [-0.2, 0) is 11.2 Å². The zero-order valence-electron chi connectivity index (χ0n) is 17.2. The van der Waals surface area contributed by atoms with Gasteiger partial charge in [0.2, 0.25) is 0 Å². The van der Waals surface area contributed by atoms with Crippen LogP contribution >= 0.6 is 15.9 Å². The van der Waals surface area contributed by atoms with Crippen LogP contribution in [0.5, 0.6) is 5.75 Å². The Bertz CT molecular complexity index is 753. The molecule has 0 unspecified atom stereocenters. The molecular weight excluding hydrogens is 416 g/mol. The van der Waals surface area contributed by atoms with Gasteiger partial charge in [-0.05, 0) is 56.0 Å². The van der Waals surface area contributed by atoms with E-state index in [0.717, 1.165) is 66.3 Å². The van der Waals surface area contributed by atoms with Gasteiger partial charge in [-0.3, -0.25) is 4.99 Å². The lowest BCUT2D eigenvalue weighted by Gasteiger charge is -2.21. The van der Waals surface area contributed by atoms with Crippen molar-refractivity contribution in [2.75, 3.05) is 40.0 Å². The number of nitrogens with zero attached hydrogens (tertiary/aromatic N) is 2. The minimum atomic E-state index is 0.617. The fourth-order valence-corrected chi connectivity index (χ4v) is 3.57. The highest BCUT2D eigenvalue weighted by Crippen LogP contribution is 2.27. The van der Waals surface area contributed by atoms with Gasteiger partial charge in [0.05, 0.1) is 20.3 Å². The van der Waals surface area contributed by atoms with Crippen molar-refractivity contribution in [2.45, 2.75) is 26.7 Å². The van der Waals surface area contributed by atoms with E-state index in [2.05, 4.69) is 46.5 Å². The Morgan fingerprint density at radius 1 is 1.36 bits per heavy atom. The number of amidine groups is 1. The summed E-state index contributed by atoms with van der Waals surface area (Å²) >= 11 is 3.55. The van der Waals surface area contributed by atoms with Gasteiger partial charge in [0.25, 0.3) is 0 Å². The maximum atomic E-state index is 5.51. The molecule has 1 aromatic carbocycles. The van der Waals surface area contributed by atoms with Crippen LogP contribution in [-0.4, -0.2) is 50.7 Å². The quantitative estimate of drug-likeness (QED) is 0.346. The number of ether oxygens (including phenoxy) is 2. The predicted molar refractivity (Wildman–Crippen MR) is 121 cm³/mol. The van der Waals surface area contributed by atoms with Gasteiger partial charge in [0.15, 0.2) is 0 Å². The number of benzene rings is 1. The average molecular weight is 447 g/mol. The second-order valence-corrected chi connectivity index (χ2v) is 7.43.